The molecule has 12 heteroatoms. The summed E-state index contributed by atoms with van der Waals surface area (Å²) in [6, 6.07) is 10.9. The number of ether oxygens (including phenoxy) is 2. The molecule has 0 atom stereocenters. The summed E-state index contributed by atoms with van der Waals surface area (Å²) < 4.78 is 43.5. The average Bonchev–Trinajstić information content (AvgIpc) is 3.37. The van der Waals surface area contributed by atoms with E-state index in [4.69, 9.17) is 13.9 Å². The molecule has 2 heterocycles. The van der Waals surface area contributed by atoms with Crippen molar-refractivity contribution in [3.05, 3.63) is 42.5 Å². The molecule has 2 aromatic carbocycles. The van der Waals surface area contributed by atoms with Crippen molar-refractivity contribution in [2.24, 2.45) is 0 Å². The molecular weight excluding hydrogens is 446 g/mol. The largest absolute Gasteiger partial charge is 0.495 e. The van der Waals surface area contributed by atoms with Crippen LogP contribution in [0.2, 0.25) is 0 Å². The van der Waals surface area contributed by atoms with Gasteiger partial charge in [0.15, 0.2) is 5.58 Å². The Morgan fingerprint density at radius 1 is 1.29 bits per heavy atom. The number of carbonyl (C=O) groups excluding carboxylic acids is 2. The number of fused-ring (bicyclic) bond motifs is 1. The second-order valence-corrected chi connectivity index (χ2v) is 8.97. The minimum absolute atomic E-state index is 0.00774. The molecule has 0 bridgehead atoms. The second kappa shape index (κ2) is 8.47. The van der Waals surface area contributed by atoms with Gasteiger partial charge in [-0.05, 0) is 30.3 Å². The van der Waals surface area contributed by atoms with Crippen LogP contribution in [0, 0.1) is 0 Å². The van der Waals surface area contributed by atoms with E-state index in [1.165, 1.54) is 25.3 Å². The van der Waals surface area contributed by atoms with E-state index in [0.29, 0.717) is 22.5 Å². The molecule has 1 saturated heterocycles. The van der Waals surface area contributed by atoms with Crippen molar-refractivity contribution in [2.75, 3.05) is 30.7 Å². The van der Waals surface area contributed by atoms with E-state index in [9.17, 15) is 18.0 Å². The average molecular weight is 463 g/mol. The molecule has 0 aliphatic carbocycles. The number of hydrogen-bond donors (Lipinski definition) is 1. The monoisotopic (exact) mass is 463 g/mol. The number of cyclic esters (lactones) is 1. The lowest BCUT2D eigenvalue weighted by Crippen LogP contribution is -2.32. The zero-order valence-corrected chi connectivity index (χ0v) is 17.9. The van der Waals surface area contributed by atoms with Crippen LogP contribution in [0.25, 0.3) is 11.1 Å². The third kappa shape index (κ3) is 4.44. The Morgan fingerprint density at radius 3 is 2.84 bits per heavy atom. The molecule has 1 aliphatic heterocycles. The molecule has 0 radical (unpaired) electrons. The fraction of sp³-hybridized carbons (Fsp3) is 0.211. The number of carbonyl (C=O) groups is 2. The Kier molecular flexibility index (Phi) is 5.74. The SMILES string of the molecule is COc1ccccc1NS(=O)(=O)c1ccc2oc(SCC(=O)N3CCOC3=O)nc2c1. The van der Waals surface area contributed by atoms with Gasteiger partial charge < -0.3 is 13.9 Å². The second-order valence-electron chi connectivity index (χ2n) is 6.36. The lowest BCUT2D eigenvalue weighted by atomic mass is 10.3. The van der Waals surface area contributed by atoms with Crippen LogP contribution in [0.5, 0.6) is 5.75 Å². The summed E-state index contributed by atoms with van der Waals surface area (Å²) in [5, 5.41) is 0.183. The summed E-state index contributed by atoms with van der Waals surface area (Å²) in [6.07, 6.45) is -0.666. The third-order valence-corrected chi connectivity index (χ3v) is 6.56. The zero-order chi connectivity index (χ0) is 22.0. The van der Waals surface area contributed by atoms with Gasteiger partial charge in [0.25, 0.3) is 15.2 Å². The van der Waals surface area contributed by atoms with Crippen molar-refractivity contribution in [1.82, 2.24) is 9.88 Å². The number of methoxy groups -OCH3 is 1. The Labute approximate surface area is 181 Å². The van der Waals surface area contributed by atoms with Crippen LogP contribution in [0.4, 0.5) is 10.5 Å². The Bertz CT molecular complexity index is 1260. The first-order valence-corrected chi connectivity index (χ1v) is 11.5. The van der Waals surface area contributed by atoms with Gasteiger partial charge in [0.05, 0.1) is 30.0 Å². The Morgan fingerprint density at radius 2 is 2.10 bits per heavy atom. The summed E-state index contributed by atoms with van der Waals surface area (Å²) in [6.45, 7) is 0.393. The smallest absolute Gasteiger partial charge is 0.416 e. The molecule has 3 aromatic rings. The maximum Gasteiger partial charge on any atom is 0.416 e. The van der Waals surface area contributed by atoms with Gasteiger partial charge in [-0.15, -0.1) is 0 Å². The van der Waals surface area contributed by atoms with Gasteiger partial charge in [0, 0.05) is 0 Å². The topological polar surface area (TPSA) is 128 Å². The predicted octanol–water partition coefficient (Wildman–Crippen LogP) is 2.71. The van der Waals surface area contributed by atoms with E-state index in [1.54, 1.807) is 24.3 Å². The number of para-hydroxylation sites is 2. The molecule has 31 heavy (non-hydrogen) atoms. The highest BCUT2D eigenvalue weighted by molar-refractivity contribution is 7.99. The molecule has 2 amide bonds. The predicted molar refractivity (Wildman–Crippen MR) is 112 cm³/mol. The number of oxazole rings is 1. The highest BCUT2D eigenvalue weighted by atomic mass is 32.2. The van der Waals surface area contributed by atoms with E-state index in [0.717, 1.165) is 16.7 Å². The van der Waals surface area contributed by atoms with Crippen molar-refractivity contribution in [3.8, 4) is 5.75 Å². The van der Waals surface area contributed by atoms with Crippen molar-refractivity contribution in [3.63, 3.8) is 0 Å². The summed E-state index contributed by atoms with van der Waals surface area (Å²) in [4.78, 5) is 28.8. The van der Waals surface area contributed by atoms with E-state index >= 15 is 0 Å². The highest BCUT2D eigenvalue weighted by Crippen LogP contribution is 2.29. The quantitative estimate of drug-likeness (QED) is 0.526. The van der Waals surface area contributed by atoms with Gasteiger partial charge in [-0.3, -0.25) is 9.52 Å². The highest BCUT2D eigenvalue weighted by Gasteiger charge is 2.28. The minimum atomic E-state index is -3.90. The standard InChI is InChI=1S/C19H17N3O7S2/c1-27-15-5-3-2-4-13(15)21-31(25,26)12-6-7-16-14(10-12)20-18(29-16)30-11-17(23)22-8-9-28-19(22)24/h2-7,10,21H,8-9,11H2,1H3. The number of thioether (sulfide) groups is 1. The summed E-state index contributed by atoms with van der Waals surface area (Å²) in [5.41, 5.74) is 0.991. The number of aromatic nitrogens is 1. The maximum absolute atomic E-state index is 12.8. The molecule has 1 fully saturated rings. The van der Waals surface area contributed by atoms with Gasteiger partial charge >= 0.3 is 6.09 Å². The fourth-order valence-corrected chi connectivity index (χ4v) is 4.67. The van der Waals surface area contributed by atoms with Crippen LogP contribution in [0.1, 0.15) is 0 Å². The van der Waals surface area contributed by atoms with Gasteiger partial charge in [0.2, 0.25) is 5.91 Å². The molecule has 162 valence electrons. The van der Waals surface area contributed by atoms with E-state index in [2.05, 4.69) is 9.71 Å². The van der Waals surface area contributed by atoms with E-state index in [1.807, 2.05) is 0 Å². The van der Waals surface area contributed by atoms with Crippen LogP contribution in [0.3, 0.4) is 0 Å². The zero-order valence-electron chi connectivity index (χ0n) is 16.2. The summed E-state index contributed by atoms with van der Waals surface area (Å²) in [5.74, 6) is -0.0968. The first kappa shape index (κ1) is 21.0. The number of nitrogens with zero attached hydrogens (tertiary/aromatic N) is 2. The van der Waals surface area contributed by atoms with E-state index < -0.39 is 22.0 Å². The number of rotatable bonds is 7. The maximum atomic E-state index is 12.8. The van der Waals surface area contributed by atoms with Crippen molar-refractivity contribution in [1.29, 1.82) is 0 Å². The Hall–Kier alpha value is -3.25. The van der Waals surface area contributed by atoms with Gasteiger partial charge in [-0.2, -0.15) is 0 Å². The van der Waals surface area contributed by atoms with Gasteiger partial charge in [-0.25, -0.2) is 23.1 Å². The summed E-state index contributed by atoms with van der Waals surface area (Å²) in [7, 11) is -2.45. The molecule has 10 nitrogen and oxygen atoms in total. The Balaban J connectivity index is 1.50. The first-order chi connectivity index (χ1) is 14.9. The number of imide groups is 1. The minimum Gasteiger partial charge on any atom is -0.495 e. The molecule has 1 N–H and O–H groups in total. The van der Waals surface area contributed by atoms with E-state index in [-0.39, 0.29) is 29.0 Å². The van der Waals surface area contributed by atoms with Crippen LogP contribution in [-0.2, 0) is 19.6 Å². The molecular formula is C19H17N3O7S2. The van der Waals surface area contributed by atoms with Crippen LogP contribution < -0.4 is 9.46 Å². The van der Waals surface area contributed by atoms with Gasteiger partial charge in [0.1, 0.15) is 17.9 Å². The lowest BCUT2D eigenvalue weighted by Gasteiger charge is -2.11. The number of anilines is 1. The summed E-state index contributed by atoms with van der Waals surface area (Å²) >= 11 is 1.01. The molecule has 0 saturated carbocycles. The molecule has 0 unspecified atom stereocenters. The normalized spacial score (nSPS) is 14.0. The number of sulfonamides is 1. The van der Waals surface area contributed by atoms with Crippen LogP contribution in [-0.4, -0.2) is 56.3 Å². The molecule has 1 aliphatic rings. The lowest BCUT2D eigenvalue weighted by molar-refractivity contribution is -0.125. The number of amides is 2. The van der Waals surface area contributed by atoms with Crippen LogP contribution in [0.15, 0.2) is 57.0 Å². The molecule has 1 aromatic heterocycles. The number of nitrogens with one attached hydrogen (secondary N) is 1. The first-order valence-electron chi connectivity index (χ1n) is 9.04. The van der Waals surface area contributed by atoms with Crippen molar-refractivity contribution >= 4 is 50.6 Å². The fourth-order valence-electron chi connectivity index (χ4n) is 2.87. The van der Waals surface area contributed by atoms with Crippen LogP contribution >= 0.6 is 11.8 Å². The number of benzene rings is 2. The van der Waals surface area contributed by atoms with Gasteiger partial charge in [-0.1, -0.05) is 23.9 Å². The third-order valence-electron chi connectivity index (χ3n) is 4.38. The van der Waals surface area contributed by atoms with Crippen molar-refractivity contribution in [2.45, 2.75) is 10.1 Å². The molecule has 4 rings (SSSR count). The number of hydrogen-bond acceptors (Lipinski definition) is 9. The van der Waals surface area contributed by atoms with Crippen molar-refractivity contribution < 1.29 is 31.9 Å². The molecule has 0 spiro atoms.